The second-order valence-electron chi connectivity index (χ2n) is 4.29. The summed E-state index contributed by atoms with van der Waals surface area (Å²) in [6, 6.07) is 4.88. The van der Waals surface area contributed by atoms with Gasteiger partial charge in [0, 0.05) is 11.8 Å². The lowest BCUT2D eigenvalue weighted by Gasteiger charge is -2.05. The molecular formula is C13H12N2O4. The van der Waals surface area contributed by atoms with Gasteiger partial charge < -0.3 is 14.6 Å². The summed E-state index contributed by atoms with van der Waals surface area (Å²) in [6.45, 7) is 1.81. The van der Waals surface area contributed by atoms with E-state index < -0.39 is 12.0 Å². The lowest BCUT2D eigenvalue weighted by atomic mass is 10.1. The topological polar surface area (TPSA) is 73.6 Å². The van der Waals surface area contributed by atoms with E-state index in [1.807, 2.05) is 18.2 Å². The summed E-state index contributed by atoms with van der Waals surface area (Å²) >= 11 is 0. The predicted molar refractivity (Wildman–Crippen MR) is 66.1 cm³/mol. The fraction of sp³-hybridized carbons (Fsp3) is 0.231. The summed E-state index contributed by atoms with van der Waals surface area (Å²) in [4.78, 5) is 10.9. The first-order valence-electron chi connectivity index (χ1n) is 5.82. The van der Waals surface area contributed by atoms with Gasteiger partial charge in [-0.2, -0.15) is 5.10 Å². The molecule has 0 saturated carbocycles. The molecule has 6 nitrogen and oxygen atoms in total. The number of carboxylic acid groups (broad SMARTS) is 1. The van der Waals surface area contributed by atoms with Crippen molar-refractivity contribution in [2.75, 3.05) is 6.79 Å². The van der Waals surface area contributed by atoms with Crippen LogP contribution in [0.3, 0.4) is 0 Å². The third-order valence-electron chi connectivity index (χ3n) is 3.06. The Morgan fingerprint density at radius 1 is 1.37 bits per heavy atom. The van der Waals surface area contributed by atoms with E-state index in [-0.39, 0.29) is 6.79 Å². The highest BCUT2D eigenvalue weighted by Gasteiger charge is 2.17. The van der Waals surface area contributed by atoms with E-state index in [0.717, 1.165) is 16.9 Å². The predicted octanol–water partition coefficient (Wildman–Crippen LogP) is 1.92. The maximum atomic E-state index is 10.9. The third kappa shape index (κ3) is 2.01. The van der Waals surface area contributed by atoms with Crippen LogP contribution >= 0.6 is 0 Å². The van der Waals surface area contributed by atoms with Crippen LogP contribution in [0.25, 0.3) is 11.1 Å². The Balaban J connectivity index is 1.92. The van der Waals surface area contributed by atoms with Crippen LogP contribution in [-0.4, -0.2) is 27.6 Å². The highest BCUT2D eigenvalue weighted by Crippen LogP contribution is 2.35. The van der Waals surface area contributed by atoms with Crippen LogP contribution in [0.5, 0.6) is 11.5 Å². The molecule has 0 spiro atoms. The molecule has 98 valence electrons. The Bertz CT molecular complexity index is 635. The first-order valence-corrected chi connectivity index (χ1v) is 5.82. The van der Waals surface area contributed by atoms with Crippen molar-refractivity contribution in [1.82, 2.24) is 9.78 Å². The lowest BCUT2D eigenvalue weighted by Crippen LogP contribution is -2.15. The molecule has 1 aliphatic heterocycles. The number of carbonyl (C=O) groups is 1. The van der Waals surface area contributed by atoms with Gasteiger partial charge >= 0.3 is 5.97 Å². The summed E-state index contributed by atoms with van der Waals surface area (Å²) in [6.07, 6.45) is 3.34. The minimum atomic E-state index is -0.916. The highest BCUT2D eigenvalue weighted by atomic mass is 16.7. The SMILES string of the molecule is C[C@@H](C(=O)O)n1cc(-c2ccc3c(c2)OCO3)cn1. The van der Waals surface area contributed by atoms with Crippen molar-refractivity contribution in [1.29, 1.82) is 0 Å². The van der Waals surface area contributed by atoms with Gasteiger partial charge in [0.05, 0.1) is 6.20 Å². The van der Waals surface area contributed by atoms with E-state index in [9.17, 15) is 4.79 Å². The molecule has 2 aromatic rings. The summed E-state index contributed by atoms with van der Waals surface area (Å²) in [5, 5.41) is 13.0. The molecule has 19 heavy (non-hydrogen) atoms. The molecule has 1 N–H and O–H groups in total. The average molecular weight is 260 g/mol. The standard InChI is InChI=1S/C13H12N2O4/c1-8(13(16)17)15-6-10(5-14-15)9-2-3-11-12(4-9)19-7-18-11/h2-6,8H,7H2,1H3,(H,16,17)/t8-/m0/s1. The Morgan fingerprint density at radius 3 is 2.95 bits per heavy atom. The zero-order chi connectivity index (χ0) is 13.4. The van der Waals surface area contributed by atoms with Gasteiger partial charge in [-0.15, -0.1) is 0 Å². The van der Waals surface area contributed by atoms with Crippen LogP contribution in [0.1, 0.15) is 13.0 Å². The molecule has 0 aliphatic carbocycles. The molecule has 0 fully saturated rings. The maximum absolute atomic E-state index is 10.9. The van der Waals surface area contributed by atoms with Crippen LogP contribution in [0.2, 0.25) is 0 Å². The summed E-state index contributed by atoms with van der Waals surface area (Å²) < 4.78 is 12.0. The highest BCUT2D eigenvalue weighted by molar-refractivity contribution is 5.72. The van der Waals surface area contributed by atoms with Gasteiger partial charge in [0.1, 0.15) is 6.04 Å². The Labute approximate surface area is 109 Å². The number of benzene rings is 1. The van der Waals surface area contributed by atoms with Crippen molar-refractivity contribution in [2.45, 2.75) is 13.0 Å². The monoisotopic (exact) mass is 260 g/mol. The van der Waals surface area contributed by atoms with Crippen molar-refractivity contribution in [3.05, 3.63) is 30.6 Å². The molecule has 1 aromatic carbocycles. The minimum absolute atomic E-state index is 0.230. The molecule has 6 heteroatoms. The van der Waals surface area contributed by atoms with Crippen molar-refractivity contribution >= 4 is 5.97 Å². The molecular weight excluding hydrogens is 248 g/mol. The van der Waals surface area contributed by atoms with Crippen molar-refractivity contribution in [2.24, 2.45) is 0 Å². The molecule has 0 unspecified atom stereocenters. The van der Waals surface area contributed by atoms with Crippen molar-refractivity contribution in [3.63, 3.8) is 0 Å². The van der Waals surface area contributed by atoms with Gasteiger partial charge in [0.2, 0.25) is 6.79 Å². The minimum Gasteiger partial charge on any atom is -0.480 e. The fourth-order valence-electron chi connectivity index (χ4n) is 1.89. The van der Waals surface area contributed by atoms with Crippen LogP contribution in [-0.2, 0) is 4.79 Å². The van der Waals surface area contributed by atoms with Gasteiger partial charge in [-0.25, -0.2) is 4.79 Å². The molecule has 0 amide bonds. The van der Waals surface area contributed by atoms with Gasteiger partial charge in [-0.3, -0.25) is 4.68 Å². The quantitative estimate of drug-likeness (QED) is 0.912. The van der Waals surface area contributed by atoms with Crippen molar-refractivity contribution < 1.29 is 19.4 Å². The van der Waals surface area contributed by atoms with Crippen LogP contribution in [0.4, 0.5) is 0 Å². The largest absolute Gasteiger partial charge is 0.480 e. The first kappa shape index (κ1) is 11.6. The second-order valence-corrected chi connectivity index (χ2v) is 4.29. The Morgan fingerprint density at radius 2 is 2.16 bits per heavy atom. The number of aliphatic carboxylic acids is 1. The maximum Gasteiger partial charge on any atom is 0.328 e. The van der Waals surface area contributed by atoms with E-state index in [0.29, 0.717) is 5.75 Å². The normalized spacial score (nSPS) is 14.4. The first-order chi connectivity index (χ1) is 9.15. The molecule has 0 radical (unpaired) electrons. The van der Waals surface area contributed by atoms with E-state index in [1.54, 1.807) is 19.3 Å². The number of fused-ring (bicyclic) bond motifs is 1. The molecule has 1 aliphatic rings. The Kier molecular flexibility index (Phi) is 2.63. The van der Waals surface area contributed by atoms with Gasteiger partial charge in [-0.05, 0) is 24.6 Å². The van der Waals surface area contributed by atoms with Crippen LogP contribution in [0.15, 0.2) is 30.6 Å². The van der Waals surface area contributed by atoms with E-state index >= 15 is 0 Å². The second kappa shape index (κ2) is 4.31. The third-order valence-corrected chi connectivity index (χ3v) is 3.06. The number of rotatable bonds is 3. The van der Waals surface area contributed by atoms with Crippen LogP contribution in [0, 0.1) is 0 Å². The van der Waals surface area contributed by atoms with Gasteiger partial charge in [-0.1, -0.05) is 6.07 Å². The van der Waals surface area contributed by atoms with Gasteiger partial charge in [0.25, 0.3) is 0 Å². The van der Waals surface area contributed by atoms with Crippen LogP contribution < -0.4 is 9.47 Å². The smallest absolute Gasteiger partial charge is 0.328 e. The number of ether oxygens (including phenoxy) is 2. The number of nitrogens with zero attached hydrogens (tertiary/aromatic N) is 2. The average Bonchev–Trinajstić information content (AvgIpc) is 3.05. The number of aromatic nitrogens is 2. The summed E-state index contributed by atoms with van der Waals surface area (Å²) in [5.41, 5.74) is 1.75. The van der Waals surface area contributed by atoms with E-state index in [2.05, 4.69) is 5.10 Å². The summed E-state index contributed by atoms with van der Waals surface area (Å²) in [5.74, 6) is 0.493. The number of hydrogen-bond donors (Lipinski definition) is 1. The molecule has 0 saturated heterocycles. The fourth-order valence-corrected chi connectivity index (χ4v) is 1.89. The van der Waals surface area contributed by atoms with Gasteiger partial charge in [0.15, 0.2) is 11.5 Å². The Hall–Kier alpha value is -2.50. The lowest BCUT2D eigenvalue weighted by molar-refractivity contribution is -0.140. The zero-order valence-corrected chi connectivity index (χ0v) is 10.2. The van der Waals surface area contributed by atoms with E-state index in [4.69, 9.17) is 14.6 Å². The molecule has 1 aromatic heterocycles. The zero-order valence-electron chi connectivity index (χ0n) is 10.2. The molecule has 0 bridgehead atoms. The van der Waals surface area contributed by atoms with Crippen molar-refractivity contribution in [3.8, 4) is 22.6 Å². The van der Waals surface area contributed by atoms with E-state index in [1.165, 1.54) is 4.68 Å². The molecule has 1 atom stereocenters. The number of hydrogen-bond acceptors (Lipinski definition) is 4. The molecule has 3 rings (SSSR count). The molecule has 2 heterocycles. The summed E-state index contributed by atoms with van der Waals surface area (Å²) in [7, 11) is 0. The number of carboxylic acids is 1.